The molecule has 0 saturated carbocycles. The molecule has 0 rings (SSSR count). The zero-order valence-corrected chi connectivity index (χ0v) is 49.3. The van der Waals surface area contributed by atoms with Crippen LogP contribution in [0.4, 0.5) is 0 Å². The van der Waals surface area contributed by atoms with E-state index >= 15 is 0 Å². The highest BCUT2D eigenvalue weighted by Crippen LogP contribution is 2.24. The summed E-state index contributed by atoms with van der Waals surface area (Å²) in [5.74, 6) is 0. The van der Waals surface area contributed by atoms with Crippen LogP contribution in [-0.4, -0.2) is 61.3 Å². The van der Waals surface area contributed by atoms with Gasteiger partial charge in [-0.05, 0) is 103 Å². The molecule has 0 N–H and O–H groups in total. The highest BCUT2D eigenvalue weighted by Gasteiger charge is 2.28. The molecule has 0 heterocycles. The number of hydrogen-bond acceptors (Lipinski definition) is 0. The summed E-state index contributed by atoms with van der Waals surface area (Å²) in [5.41, 5.74) is 0. The van der Waals surface area contributed by atoms with Gasteiger partial charge in [-0.2, -0.15) is 0 Å². The molecule has 0 radical (unpaired) electrons. The molecule has 0 amide bonds. The van der Waals surface area contributed by atoms with E-state index in [9.17, 15) is 0 Å². The molecule has 0 aromatic heterocycles. The van der Waals surface area contributed by atoms with Crippen molar-refractivity contribution in [3.8, 4) is 0 Å². The Morgan fingerprint density at radius 1 is 0.118 bits per heavy atom. The third-order valence-electron chi connectivity index (χ3n) is 16.9. The summed E-state index contributed by atoms with van der Waals surface area (Å²) in [6.45, 7) is 26.0. The molecule has 0 aliphatic rings. The minimum absolute atomic E-state index is 1.37. The fraction of sp³-hybridized carbons (Fsp3) is 1.00. The Hall–Kier alpha value is -0.0800. The van der Waals surface area contributed by atoms with Gasteiger partial charge in [-0.3, -0.25) is 0 Å². The summed E-state index contributed by atoms with van der Waals surface area (Å²) in [5, 5.41) is 0. The summed E-state index contributed by atoms with van der Waals surface area (Å²) in [6, 6.07) is 0. The third kappa shape index (κ3) is 47.0. The van der Waals surface area contributed by atoms with E-state index in [0.29, 0.717) is 0 Å². The van der Waals surface area contributed by atoms with Crippen LogP contribution in [0.3, 0.4) is 0 Å². The van der Waals surface area contributed by atoms with Crippen molar-refractivity contribution in [1.82, 2.24) is 0 Å². The van der Waals surface area contributed by atoms with Gasteiger partial charge in [-0.15, -0.1) is 0 Å². The molecule has 0 unspecified atom stereocenters. The van der Waals surface area contributed by atoms with Crippen LogP contribution >= 0.6 is 0 Å². The summed E-state index contributed by atoms with van der Waals surface area (Å²) in [7, 11) is 0. The van der Waals surface area contributed by atoms with Crippen LogP contribution < -0.4 is 0 Å². The quantitative estimate of drug-likeness (QED) is 0.0421. The fourth-order valence-electron chi connectivity index (χ4n) is 12.1. The van der Waals surface area contributed by atoms with Crippen LogP contribution in [0.25, 0.3) is 0 Å². The average molecular weight is 960 g/mol. The molecule has 68 heavy (non-hydrogen) atoms. The standard InChI is InChI=1S/C66H138N2/c1-7-13-19-25-31-37-43-51-59-67(60-52-44-38-32-26-20-14-8-2,61-53-45-39-33-27-21-15-9-3)65-57-49-50-58-66-68(62-54-46-40-34-28-22-16-10-4,63-55-47-41-35-29-23-17-11-5)64-56-48-42-36-30-24-18-12-6/h7-66H2,1-6H3/q+2. The Labute approximate surface area is 434 Å². The summed E-state index contributed by atoms with van der Waals surface area (Å²) in [6.07, 6.45) is 76.0. The zero-order valence-electron chi connectivity index (χ0n) is 49.3. The third-order valence-corrected chi connectivity index (χ3v) is 16.9. The van der Waals surface area contributed by atoms with Crippen molar-refractivity contribution in [2.45, 2.75) is 375 Å². The second-order valence-corrected chi connectivity index (χ2v) is 23.7. The van der Waals surface area contributed by atoms with Gasteiger partial charge in [0.15, 0.2) is 0 Å². The zero-order chi connectivity index (χ0) is 49.4. The van der Waals surface area contributed by atoms with Gasteiger partial charge < -0.3 is 8.97 Å². The predicted molar refractivity (Wildman–Crippen MR) is 314 cm³/mol. The Morgan fingerprint density at radius 2 is 0.206 bits per heavy atom. The SMILES string of the molecule is CCCCCCCCCC[N+](CCCCCCCCCC)(CCCCCCCCCC)CCCCCC[N+](CCCCCCCCCC)(CCCCCCCCCC)CCCCCCCCCC. The minimum Gasteiger partial charge on any atom is -0.324 e. The smallest absolute Gasteiger partial charge is 0.0786 e. The summed E-state index contributed by atoms with van der Waals surface area (Å²) in [4.78, 5) is 0. The molecular formula is C66H138N2+2. The van der Waals surface area contributed by atoms with Gasteiger partial charge in [0.05, 0.1) is 52.4 Å². The molecular weight excluding hydrogens is 821 g/mol. The first-order chi connectivity index (χ1) is 33.6. The Morgan fingerprint density at radius 3 is 0.309 bits per heavy atom. The first kappa shape index (κ1) is 67.9. The lowest BCUT2D eigenvalue weighted by atomic mass is 10.0. The van der Waals surface area contributed by atoms with Gasteiger partial charge in [0.2, 0.25) is 0 Å². The molecule has 0 atom stereocenters. The largest absolute Gasteiger partial charge is 0.324 e. The predicted octanol–water partition coefficient (Wildman–Crippen LogP) is 23.0. The van der Waals surface area contributed by atoms with E-state index in [1.54, 1.807) is 0 Å². The first-order valence-corrected chi connectivity index (χ1v) is 33.3. The van der Waals surface area contributed by atoms with E-state index in [2.05, 4.69) is 41.5 Å². The summed E-state index contributed by atoms with van der Waals surface area (Å²) < 4.78 is 2.97. The lowest BCUT2D eigenvalue weighted by molar-refractivity contribution is -0.929. The highest BCUT2D eigenvalue weighted by molar-refractivity contribution is 4.59. The van der Waals surface area contributed by atoms with Crippen LogP contribution in [0.5, 0.6) is 0 Å². The molecule has 2 nitrogen and oxygen atoms in total. The normalized spacial score (nSPS) is 12.3. The van der Waals surface area contributed by atoms with Crippen LogP contribution in [0, 0.1) is 0 Å². The number of rotatable bonds is 61. The maximum Gasteiger partial charge on any atom is 0.0786 e. The molecule has 0 aromatic carbocycles. The summed E-state index contributed by atoms with van der Waals surface area (Å²) >= 11 is 0. The van der Waals surface area contributed by atoms with Crippen molar-refractivity contribution in [2.75, 3.05) is 52.4 Å². The lowest BCUT2D eigenvalue weighted by Crippen LogP contribution is -2.51. The van der Waals surface area contributed by atoms with Crippen molar-refractivity contribution < 1.29 is 8.97 Å². The number of hydrogen-bond donors (Lipinski definition) is 0. The van der Waals surface area contributed by atoms with E-state index in [1.807, 2.05) is 0 Å². The van der Waals surface area contributed by atoms with Crippen molar-refractivity contribution in [2.24, 2.45) is 0 Å². The highest BCUT2D eigenvalue weighted by atomic mass is 15.4. The topological polar surface area (TPSA) is 0 Å². The Balaban J connectivity index is 5.84. The Bertz CT molecular complexity index is 725. The Kier molecular flexibility index (Phi) is 56.2. The van der Waals surface area contributed by atoms with E-state index in [4.69, 9.17) is 0 Å². The van der Waals surface area contributed by atoms with Crippen molar-refractivity contribution in [3.63, 3.8) is 0 Å². The second-order valence-electron chi connectivity index (χ2n) is 23.7. The number of unbranched alkanes of at least 4 members (excludes halogenated alkanes) is 45. The number of quaternary nitrogens is 2. The minimum atomic E-state index is 1.37. The number of nitrogens with zero attached hydrogens (tertiary/aromatic N) is 2. The van der Waals surface area contributed by atoms with Gasteiger partial charge in [0, 0.05) is 0 Å². The second kappa shape index (κ2) is 56.2. The van der Waals surface area contributed by atoms with Gasteiger partial charge in [0.25, 0.3) is 0 Å². The van der Waals surface area contributed by atoms with Crippen LogP contribution in [0.1, 0.15) is 375 Å². The van der Waals surface area contributed by atoms with Crippen molar-refractivity contribution in [3.05, 3.63) is 0 Å². The van der Waals surface area contributed by atoms with Crippen LogP contribution in [0.15, 0.2) is 0 Å². The van der Waals surface area contributed by atoms with E-state index in [-0.39, 0.29) is 0 Å². The van der Waals surface area contributed by atoms with Crippen LogP contribution in [-0.2, 0) is 0 Å². The van der Waals surface area contributed by atoms with E-state index in [0.717, 1.165) is 0 Å². The molecule has 410 valence electrons. The molecule has 0 bridgehead atoms. The monoisotopic (exact) mass is 959 g/mol. The van der Waals surface area contributed by atoms with E-state index in [1.165, 1.54) is 395 Å². The lowest BCUT2D eigenvalue weighted by Gasteiger charge is -2.40. The van der Waals surface area contributed by atoms with Gasteiger partial charge in [0.1, 0.15) is 0 Å². The molecule has 0 aromatic rings. The maximum absolute atomic E-state index is 2.36. The van der Waals surface area contributed by atoms with Crippen molar-refractivity contribution in [1.29, 1.82) is 0 Å². The van der Waals surface area contributed by atoms with Gasteiger partial charge >= 0.3 is 0 Å². The fourth-order valence-corrected chi connectivity index (χ4v) is 12.1. The maximum atomic E-state index is 2.36. The molecule has 0 saturated heterocycles. The van der Waals surface area contributed by atoms with Gasteiger partial charge in [-0.1, -0.05) is 273 Å². The van der Waals surface area contributed by atoms with Crippen molar-refractivity contribution >= 4 is 0 Å². The van der Waals surface area contributed by atoms with E-state index < -0.39 is 0 Å². The van der Waals surface area contributed by atoms with Gasteiger partial charge in [-0.25, -0.2) is 0 Å². The molecule has 0 aliphatic heterocycles. The molecule has 0 fully saturated rings. The average Bonchev–Trinajstić information content (AvgIpc) is 3.35. The van der Waals surface area contributed by atoms with Crippen LogP contribution in [0.2, 0.25) is 0 Å². The first-order valence-electron chi connectivity index (χ1n) is 33.3. The molecule has 0 spiro atoms. The molecule has 2 heteroatoms. The molecule has 0 aliphatic carbocycles.